The molecule has 1 amide bonds. The third-order valence-electron chi connectivity index (χ3n) is 4.39. The molecule has 1 aliphatic rings. The van der Waals surface area contributed by atoms with Crippen molar-refractivity contribution in [2.75, 3.05) is 32.7 Å². The fourth-order valence-electron chi connectivity index (χ4n) is 2.92. The first-order chi connectivity index (χ1) is 11.6. The van der Waals surface area contributed by atoms with Crippen molar-refractivity contribution in [1.82, 2.24) is 9.80 Å². The number of benzene rings is 2. The summed E-state index contributed by atoms with van der Waals surface area (Å²) in [4.78, 5) is 16.8. The second-order valence-electron chi connectivity index (χ2n) is 5.99. The van der Waals surface area contributed by atoms with E-state index in [4.69, 9.17) is 23.2 Å². The van der Waals surface area contributed by atoms with Gasteiger partial charge in [-0.3, -0.25) is 9.69 Å². The molecule has 1 saturated heterocycles. The Morgan fingerprint density at radius 1 is 0.917 bits per heavy atom. The maximum atomic E-state index is 12.5. The van der Waals surface area contributed by atoms with Crippen LogP contribution in [0.1, 0.15) is 15.9 Å². The Balaban J connectivity index is 1.49. The SMILES string of the molecule is O=C(c1ccccc1Cl)N1CCN(CCc2ccc(Cl)cc2)CC1. The second kappa shape index (κ2) is 8.02. The highest BCUT2D eigenvalue weighted by Crippen LogP contribution is 2.18. The minimum Gasteiger partial charge on any atom is -0.336 e. The zero-order valence-corrected chi connectivity index (χ0v) is 14.9. The first-order valence-corrected chi connectivity index (χ1v) is 8.90. The van der Waals surface area contributed by atoms with Crippen molar-refractivity contribution in [3.63, 3.8) is 0 Å². The van der Waals surface area contributed by atoms with Gasteiger partial charge < -0.3 is 4.90 Å². The third kappa shape index (κ3) is 4.29. The van der Waals surface area contributed by atoms with Crippen molar-refractivity contribution >= 4 is 29.1 Å². The summed E-state index contributed by atoms with van der Waals surface area (Å²) in [6, 6.07) is 15.2. The fourth-order valence-corrected chi connectivity index (χ4v) is 3.26. The monoisotopic (exact) mass is 362 g/mol. The van der Waals surface area contributed by atoms with E-state index in [2.05, 4.69) is 17.0 Å². The van der Waals surface area contributed by atoms with E-state index < -0.39 is 0 Å². The molecule has 0 bridgehead atoms. The Hall–Kier alpha value is -1.55. The van der Waals surface area contributed by atoms with Crippen LogP contribution in [-0.4, -0.2) is 48.4 Å². The lowest BCUT2D eigenvalue weighted by molar-refractivity contribution is 0.0638. The number of carbonyl (C=O) groups excluding carboxylic acids is 1. The van der Waals surface area contributed by atoms with Crippen molar-refractivity contribution in [3.05, 3.63) is 69.7 Å². The lowest BCUT2D eigenvalue weighted by atomic mass is 10.1. The van der Waals surface area contributed by atoms with Crippen molar-refractivity contribution in [3.8, 4) is 0 Å². The summed E-state index contributed by atoms with van der Waals surface area (Å²) < 4.78 is 0. The number of piperazine rings is 1. The summed E-state index contributed by atoms with van der Waals surface area (Å²) in [5.74, 6) is 0.0259. The Bertz CT molecular complexity index is 695. The molecule has 0 aromatic heterocycles. The molecule has 0 aliphatic carbocycles. The molecule has 1 aliphatic heterocycles. The lowest BCUT2D eigenvalue weighted by Crippen LogP contribution is -2.49. The van der Waals surface area contributed by atoms with Crippen LogP contribution in [0.25, 0.3) is 0 Å². The highest BCUT2D eigenvalue weighted by Gasteiger charge is 2.23. The number of nitrogens with zero attached hydrogens (tertiary/aromatic N) is 2. The van der Waals surface area contributed by atoms with Gasteiger partial charge in [-0.2, -0.15) is 0 Å². The molecule has 0 atom stereocenters. The molecule has 3 rings (SSSR count). The van der Waals surface area contributed by atoms with Gasteiger partial charge in [-0.25, -0.2) is 0 Å². The van der Waals surface area contributed by atoms with E-state index in [-0.39, 0.29) is 5.91 Å². The van der Waals surface area contributed by atoms with Crippen LogP contribution in [0.2, 0.25) is 10.0 Å². The number of hydrogen-bond donors (Lipinski definition) is 0. The summed E-state index contributed by atoms with van der Waals surface area (Å²) in [6.45, 7) is 4.26. The molecule has 0 spiro atoms. The van der Waals surface area contributed by atoms with Crippen LogP contribution in [0.15, 0.2) is 48.5 Å². The van der Waals surface area contributed by atoms with Gasteiger partial charge in [0.15, 0.2) is 0 Å². The first-order valence-electron chi connectivity index (χ1n) is 8.14. The molecule has 5 heteroatoms. The molecule has 1 heterocycles. The number of hydrogen-bond acceptors (Lipinski definition) is 2. The molecular weight excluding hydrogens is 343 g/mol. The van der Waals surface area contributed by atoms with E-state index in [0.29, 0.717) is 10.6 Å². The zero-order chi connectivity index (χ0) is 16.9. The maximum Gasteiger partial charge on any atom is 0.255 e. The van der Waals surface area contributed by atoms with E-state index >= 15 is 0 Å². The molecule has 0 saturated carbocycles. The number of rotatable bonds is 4. The number of carbonyl (C=O) groups is 1. The quantitative estimate of drug-likeness (QED) is 0.820. The Kier molecular flexibility index (Phi) is 5.77. The van der Waals surface area contributed by atoms with Gasteiger partial charge in [-0.05, 0) is 36.2 Å². The molecule has 1 fully saturated rings. The van der Waals surface area contributed by atoms with E-state index in [1.807, 2.05) is 29.2 Å². The molecule has 126 valence electrons. The summed E-state index contributed by atoms with van der Waals surface area (Å²) >= 11 is 12.0. The van der Waals surface area contributed by atoms with E-state index in [1.54, 1.807) is 12.1 Å². The average Bonchev–Trinajstić information content (AvgIpc) is 2.61. The second-order valence-corrected chi connectivity index (χ2v) is 6.83. The van der Waals surface area contributed by atoms with Crippen LogP contribution in [0.3, 0.4) is 0 Å². The topological polar surface area (TPSA) is 23.6 Å². The lowest BCUT2D eigenvalue weighted by Gasteiger charge is -2.35. The van der Waals surface area contributed by atoms with Crippen molar-refractivity contribution in [2.45, 2.75) is 6.42 Å². The standard InChI is InChI=1S/C19H20Cl2N2O/c20-16-7-5-15(6-8-16)9-10-22-11-13-23(14-12-22)19(24)17-3-1-2-4-18(17)21/h1-8H,9-14H2. The Morgan fingerprint density at radius 2 is 1.58 bits per heavy atom. The van der Waals surface area contributed by atoms with Gasteiger partial charge in [0.1, 0.15) is 0 Å². The van der Waals surface area contributed by atoms with Crippen LogP contribution in [0.5, 0.6) is 0 Å². The highest BCUT2D eigenvalue weighted by atomic mass is 35.5. The molecule has 0 N–H and O–H groups in total. The van der Waals surface area contributed by atoms with Crippen LogP contribution in [-0.2, 0) is 6.42 Å². The Morgan fingerprint density at radius 3 is 2.25 bits per heavy atom. The van der Waals surface area contributed by atoms with E-state index in [0.717, 1.165) is 44.2 Å². The third-order valence-corrected chi connectivity index (χ3v) is 4.98. The summed E-state index contributed by atoms with van der Waals surface area (Å²) in [7, 11) is 0. The molecule has 3 nitrogen and oxygen atoms in total. The van der Waals surface area contributed by atoms with Gasteiger partial charge in [0.05, 0.1) is 10.6 Å². The summed E-state index contributed by atoms with van der Waals surface area (Å²) in [5.41, 5.74) is 1.88. The zero-order valence-electron chi connectivity index (χ0n) is 13.4. The van der Waals surface area contributed by atoms with Crippen LogP contribution in [0, 0.1) is 0 Å². The van der Waals surface area contributed by atoms with Crippen molar-refractivity contribution < 1.29 is 4.79 Å². The van der Waals surface area contributed by atoms with Crippen molar-refractivity contribution in [2.24, 2.45) is 0 Å². The largest absolute Gasteiger partial charge is 0.336 e. The summed E-state index contributed by atoms with van der Waals surface area (Å²) in [6.07, 6.45) is 0.996. The van der Waals surface area contributed by atoms with Gasteiger partial charge in [0.25, 0.3) is 5.91 Å². The molecule has 2 aromatic carbocycles. The van der Waals surface area contributed by atoms with Gasteiger partial charge in [-0.15, -0.1) is 0 Å². The highest BCUT2D eigenvalue weighted by molar-refractivity contribution is 6.33. The van der Waals surface area contributed by atoms with Crippen LogP contribution in [0.4, 0.5) is 0 Å². The predicted octanol–water partition coefficient (Wildman–Crippen LogP) is 3.99. The summed E-state index contributed by atoms with van der Waals surface area (Å²) in [5, 5.41) is 1.29. The molecule has 0 unspecified atom stereocenters. The molecular formula is C19H20Cl2N2O. The van der Waals surface area contributed by atoms with Crippen molar-refractivity contribution in [1.29, 1.82) is 0 Å². The predicted molar refractivity (Wildman–Crippen MR) is 99.0 cm³/mol. The molecule has 24 heavy (non-hydrogen) atoms. The normalized spacial score (nSPS) is 15.5. The first kappa shape index (κ1) is 17.3. The average molecular weight is 363 g/mol. The van der Waals surface area contributed by atoms with E-state index in [9.17, 15) is 4.79 Å². The smallest absolute Gasteiger partial charge is 0.255 e. The molecule has 2 aromatic rings. The van der Waals surface area contributed by atoms with Gasteiger partial charge >= 0.3 is 0 Å². The fraction of sp³-hybridized carbons (Fsp3) is 0.316. The number of amides is 1. The molecule has 0 radical (unpaired) electrons. The Labute approximate surface area is 152 Å². The van der Waals surface area contributed by atoms with Crippen LogP contribution >= 0.6 is 23.2 Å². The minimum absolute atomic E-state index is 0.0259. The van der Waals surface area contributed by atoms with E-state index in [1.165, 1.54) is 5.56 Å². The minimum atomic E-state index is 0.0259. The van der Waals surface area contributed by atoms with Crippen LogP contribution < -0.4 is 0 Å². The number of halogens is 2. The van der Waals surface area contributed by atoms with Gasteiger partial charge in [0.2, 0.25) is 0 Å². The maximum absolute atomic E-state index is 12.5. The van der Waals surface area contributed by atoms with Gasteiger partial charge in [0, 0.05) is 37.7 Å². The van der Waals surface area contributed by atoms with Gasteiger partial charge in [-0.1, -0.05) is 47.5 Å².